The highest BCUT2D eigenvalue weighted by atomic mass is 32.1. The minimum Gasteiger partial charge on any atom is -0.456 e. The van der Waals surface area contributed by atoms with Crippen LogP contribution in [0.5, 0.6) is 0 Å². The van der Waals surface area contributed by atoms with Crippen molar-refractivity contribution < 1.29 is 17.7 Å². The van der Waals surface area contributed by atoms with Gasteiger partial charge in [0.2, 0.25) is 0 Å². The second-order valence-corrected chi connectivity index (χ2v) is 22.4. The maximum absolute atomic E-state index is 6.90. The molecule has 0 bridgehead atoms. The molecule has 6 heterocycles. The van der Waals surface area contributed by atoms with Crippen molar-refractivity contribution in [3.63, 3.8) is 0 Å². The fourth-order valence-electron chi connectivity index (χ4n) is 12.5. The number of nitrogens with zero attached hydrogens (tertiary/aromatic N) is 2. The third-order valence-corrected chi connectivity index (χ3v) is 18.4. The molecule has 0 atom stereocenters. The number of para-hydroxylation sites is 4. The largest absolute Gasteiger partial charge is 0.456 e. The van der Waals surface area contributed by atoms with E-state index in [9.17, 15) is 0 Å². The second-order valence-electron chi connectivity index (χ2n) is 20.3. The molecule has 78 heavy (non-hydrogen) atoms. The predicted molar refractivity (Wildman–Crippen MR) is 328 cm³/mol. The fourth-order valence-corrected chi connectivity index (χ4v) is 14.9. The number of hydrogen-bond donors (Lipinski definition) is 0. The zero-order chi connectivity index (χ0) is 50.7. The maximum atomic E-state index is 6.90. The van der Waals surface area contributed by atoms with Crippen LogP contribution in [0.1, 0.15) is 0 Å². The van der Waals surface area contributed by atoms with Gasteiger partial charge in [-0.1, -0.05) is 121 Å². The molecule has 0 saturated carbocycles. The number of furan rings is 4. The SMILES string of the molecule is c1ccc2c(c1)oc1c(N(c3ccc4c(c3)oc3cc5cc6oc7cc(N(c8cccc9c8oc8ccccc89)c8cccc9c8sc8ccccc89)ccc7c6cc5cc34)c3cccc4c3sc3ccccc34)cccc12. The summed E-state index contributed by atoms with van der Waals surface area (Å²) in [5.74, 6) is 0. The molecule has 0 aliphatic heterocycles. The zero-order valence-corrected chi connectivity index (χ0v) is 42.9. The van der Waals surface area contributed by atoms with E-state index in [1.54, 1.807) is 0 Å². The van der Waals surface area contributed by atoms with E-state index in [2.05, 4.69) is 216 Å². The lowest BCUT2D eigenvalue weighted by Gasteiger charge is -2.26. The monoisotopic (exact) mass is 1030 g/mol. The second kappa shape index (κ2) is 15.8. The van der Waals surface area contributed by atoms with Gasteiger partial charge in [-0.2, -0.15) is 0 Å². The number of anilines is 6. The molecular weight excluding hydrogens is 997 g/mol. The van der Waals surface area contributed by atoms with Gasteiger partial charge in [0.05, 0.1) is 43.5 Å². The van der Waals surface area contributed by atoms with Crippen LogP contribution >= 0.6 is 22.7 Å². The zero-order valence-electron chi connectivity index (χ0n) is 41.3. The summed E-state index contributed by atoms with van der Waals surface area (Å²) < 4.78 is 32.2. The van der Waals surface area contributed by atoms with Crippen LogP contribution in [0.15, 0.2) is 248 Å². The minimum atomic E-state index is 0.805. The van der Waals surface area contributed by atoms with Crippen LogP contribution in [0.4, 0.5) is 34.1 Å². The average Bonchev–Trinajstić information content (AvgIpc) is 4.39. The molecule has 0 aliphatic rings. The van der Waals surface area contributed by atoms with Crippen LogP contribution in [0.2, 0.25) is 0 Å². The molecule has 12 aromatic carbocycles. The molecular formula is C70H38N2O4S2. The Balaban J connectivity index is 0.786. The topological polar surface area (TPSA) is 59.0 Å². The molecule has 0 radical (unpaired) electrons. The molecule has 6 aromatic heterocycles. The Kier molecular flexibility index (Phi) is 8.61. The lowest BCUT2D eigenvalue weighted by Crippen LogP contribution is -2.10. The third-order valence-electron chi connectivity index (χ3n) is 16.0. The molecule has 18 aromatic rings. The number of hydrogen-bond acceptors (Lipinski definition) is 8. The van der Waals surface area contributed by atoms with Crippen LogP contribution in [0.25, 0.3) is 139 Å². The molecule has 0 spiro atoms. The Hall–Kier alpha value is -9.86. The molecule has 0 aliphatic carbocycles. The first-order valence-electron chi connectivity index (χ1n) is 26.1. The number of fused-ring (bicyclic) bond motifs is 19. The van der Waals surface area contributed by atoms with Crippen molar-refractivity contribution in [3.05, 3.63) is 231 Å². The molecule has 0 N–H and O–H groups in total. The standard InChI is InChI=1S/C70H38N2O4S2/c1-5-25-59-43(13-1)49-17-9-21-55(67(49)75-59)71(57-23-11-19-51-47-15-3-7-27-65(47)77-69(51)57)41-29-31-45-53-33-39-34-54-46-32-30-42(38-64(46)74-62(54)36-40(39)35-61(53)73-63(45)37-41)72(56-22-10-18-50-44-14-2-6-26-60(44)76-68(50)56)58-24-12-20-52-48-16-4-8-28-66(48)78-70(52)58/h1-38H. The van der Waals surface area contributed by atoms with Crippen molar-refractivity contribution in [2.75, 3.05) is 9.80 Å². The molecule has 0 fully saturated rings. The van der Waals surface area contributed by atoms with E-state index in [1.807, 2.05) is 46.9 Å². The van der Waals surface area contributed by atoms with E-state index in [0.717, 1.165) is 133 Å². The Morgan fingerprint density at radius 1 is 0.244 bits per heavy atom. The van der Waals surface area contributed by atoms with E-state index in [1.165, 1.54) is 40.3 Å². The number of rotatable bonds is 6. The van der Waals surface area contributed by atoms with Gasteiger partial charge in [-0.3, -0.25) is 0 Å². The molecule has 0 unspecified atom stereocenters. The van der Waals surface area contributed by atoms with Crippen molar-refractivity contribution in [1.29, 1.82) is 0 Å². The summed E-state index contributed by atoms with van der Waals surface area (Å²) >= 11 is 3.64. The first-order valence-corrected chi connectivity index (χ1v) is 27.7. The number of benzene rings is 12. The van der Waals surface area contributed by atoms with Gasteiger partial charge in [0, 0.05) is 86.2 Å². The number of thiophene rings is 2. The van der Waals surface area contributed by atoms with Crippen molar-refractivity contribution in [3.8, 4) is 0 Å². The van der Waals surface area contributed by atoms with Crippen LogP contribution in [0, 0.1) is 0 Å². The van der Waals surface area contributed by atoms with Crippen molar-refractivity contribution in [2.45, 2.75) is 0 Å². The fraction of sp³-hybridized carbons (Fsp3) is 0. The smallest absolute Gasteiger partial charge is 0.159 e. The molecule has 18 rings (SSSR count). The van der Waals surface area contributed by atoms with Gasteiger partial charge in [0.15, 0.2) is 11.2 Å². The summed E-state index contributed by atoms with van der Waals surface area (Å²) in [4.78, 5) is 4.69. The first kappa shape index (κ1) is 42.4. The highest BCUT2D eigenvalue weighted by Crippen LogP contribution is 2.51. The van der Waals surface area contributed by atoms with Gasteiger partial charge < -0.3 is 27.5 Å². The van der Waals surface area contributed by atoms with Gasteiger partial charge in [0.25, 0.3) is 0 Å². The Morgan fingerprint density at radius 3 is 1.10 bits per heavy atom. The van der Waals surface area contributed by atoms with Crippen molar-refractivity contribution >= 4 is 196 Å². The van der Waals surface area contributed by atoms with Gasteiger partial charge in [-0.05, 0) is 108 Å². The van der Waals surface area contributed by atoms with E-state index in [-0.39, 0.29) is 0 Å². The lowest BCUT2D eigenvalue weighted by atomic mass is 10.0. The Bertz CT molecular complexity index is 5010. The van der Waals surface area contributed by atoms with E-state index in [0.29, 0.717) is 0 Å². The first-order chi connectivity index (χ1) is 38.6. The van der Waals surface area contributed by atoms with Crippen molar-refractivity contribution in [1.82, 2.24) is 0 Å². The van der Waals surface area contributed by atoms with Gasteiger partial charge in [0.1, 0.15) is 33.5 Å². The summed E-state index contributed by atoms with van der Waals surface area (Å²) in [5.41, 5.74) is 12.7. The molecule has 6 nitrogen and oxygen atoms in total. The average molecular weight is 1040 g/mol. The minimum absolute atomic E-state index is 0.805. The van der Waals surface area contributed by atoms with E-state index in [4.69, 9.17) is 17.7 Å². The molecule has 8 heteroatoms. The van der Waals surface area contributed by atoms with Gasteiger partial charge in [-0.15, -0.1) is 22.7 Å². The molecule has 0 amide bonds. The highest BCUT2D eigenvalue weighted by molar-refractivity contribution is 7.26. The quantitative estimate of drug-likeness (QED) is 0.165. The van der Waals surface area contributed by atoms with Crippen LogP contribution in [-0.4, -0.2) is 0 Å². The third kappa shape index (κ3) is 6.01. The van der Waals surface area contributed by atoms with E-state index < -0.39 is 0 Å². The normalized spacial score (nSPS) is 12.4. The maximum Gasteiger partial charge on any atom is 0.159 e. The summed E-state index contributed by atoms with van der Waals surface area (Å²) in [6, 6.07) is 82.2. The summed E-state index contributed by atoms with van der Waals surface area (Å²) in [6.45, 7) is 0. The molecule has 0 saturated heterocycles. The van der Waals surface area contributed by atoms with Gasteiger partial charge >= 0.3 is 0 Å². The van der Waals surface area contributed by atoms with Crippen LogP contribution in [-0.2, 0) is 0 Å². The lowest BCUT2D eigenvalue weighted by molar-refractivity contribution is 0.667. The predicted octanol–water partition coefficient (Wildman–Crippen LogP) is 22.1. The highest BCUT2D eigenvalue weighted by Gasteiger charge is 2.26. The Labute approximate surface area is 450 Å². The van der Waals surface area contributed by atoms with Crippen LogP contribution < -0.4 is 9.80 Å². The Morgan fingerprint density at radius 2 is 0.615 bits per heavy atom. The van der Waals surface area contributed by atoms with E-state index >= 15 is 0 Å². The van der Waals surface area contributed by atoms with Crippen LogP contribution in [0.3, 0.4) is 0 Å². The molecule has 364 valence electrons. The summed E-state index contributed by atoms with van der Waals surface area (Å²) in [6.07, 6.45) is 0. The summed E-state index contributed by atoms with van der Waals surface area (Å²) in [5, 5.41) is 15.7. The van der Waals surface area contributed by atoms with Gasteiger partial charge in [-0.25, -0.2) is 0 Å². The van der Waals surface area contributed by atoms with Crippen molar-refractivity contribution in [2.24, 2.45) is 0 Å². The summed E-state index contributed by atoms with van der Waals surface area (Å²) in [7, 11) is 0.